The Bertz CT molecular complexity index is 196. The Hall–Kier alpha value is -0.130. The van der Waals surface area contributed by atoms with Crippen LogP contribution >= 0.6 is 0 Å². The van der Waals surface area contributed by atoms with Gasteiger partial charge in [0.25, 0.3) is 0 Å². The van der Waals surface area contributed by atoms with Gasteiger partial charge in [0, 0.05) is 0 Å². The van der Waals surface area contributed by atoms with Crippen LogP contribution in [0.5, 0.6) is 0 Å². The van der Waals surface area contributed by atoms with Crippen molar-refractivity contribution in [1.29, 1.82) is 0 Å². The van der Waals surface area contributed by atoms with Gasteiger partial charge in [-0.3, -0.25) is 0 Å². The van der Waals surface area contributed by atoms with Crippen molar-refractivity contribution in [3.05, 3.63) is 0 Å². The van der Waals surface area contributed by atoms with Gasteiger partial charge in [0.1, 0.15) is 0 Å². The predicted octanol–water partition coefficient (Wildman–Crippen LogP) is -1.90. The summed E-state index contributed by atoms with van der Waals surface area (Å²) in [6.45, 7) is -0.244. The fourth-order valence-corrected chi connectivity index (χ4v) is 2.77. The summed E-state index contributed by atoms with van der Waals surface area (Å²) in [5, 5.41) is 8.49. The van der Waals surface area contributed by atoms with Crippen molar-refractivity contribution in [2.75, 3.05) is 18.1 Å². The van der Waals surface area contributed by atoms with Crippen LogP contribution < -0.4 is 5.73 Å². The van der Waals surface area contributed by atoms with Crippen molar-refractivity contribution in [3.63, 3.8) is 0 Å². The molecule has 0 atom stereocenters. The Morgan fingerprint density at radius 2 is 2.00 bits per heavy atom. The third kappa shape index (κ3) is 1.23. The first kappa shape index (κ1) is 6.98. The van der Waals surface area contributed by atoms with E-state index in [1.165, 1.54) is 0 Å². The standard InChI is InChI=1S/C4H9NO3S/c5-4(1-6)2-9(7,8)3-4/h6H,1-3,5H2. The molecule has 5 heteroatoms. The predicted molar refractivity (Wildman–Crippen MR) is 32.7 cm³/mol. The van der Waals surface area contributed by atoms with Gasteiger partial charge < -0.3 is 10.8 Å². The summed E-state index contributed by atoms with van der Waals surface area (Å²) in [5.74, 6) is -0.146. The van der Waals surface area contributed by atoms with Gasteiger partial charge in [-0.2, -0.15) is 0 Å². The van der Waals surface area contributed by atoms with Crippen molar-refractivity contribution in [2.45, 2.75) is 5.54 Å². The van der Waals surface area contributed by atoms with Crippen LogP contribution in [0.25, 0.3) is 0 Å². The lowest BCUT2D eigenvalue weighted by molar-refractivity contribution is 0.213. The summed E-state index contributed by atoms with van der Waals surface area (Å²) in [5.41, 5.74) is 4.51. The Balaban J connectivity index is 2.61. The summed E-state index contributed by atoms with van der Waals surface area (Å²) in [6.07, 6.45) is 0. The Morgan fingerprint density at radius 1 is 1.56 bits per heavy atom. The first-order valence-electron chi connectivity index (χ1n) is 2.58. The van der Waals surface area contributed by atoms with Crippen molar-refractivity contribution in [1.82, 2.24) is 0 Å². The number of sulfone groups is 1. The van der Waals surface area contributed by atoms with E-state index in [-0.39, 0.29) is 18.1 Å². The highest BCUT2D eigenvalue weighted by molar-refractivity contribution is 7.93. The second-order valence-corrected chi connectivity index (χ2v) is 4.62. The van der Waals surface area contributed by atoms with Gasteiger partial charge in [-0.15, -0.1) is 0 Å². The van der Waals surface area contributed by atoms with E-state index in [2.05, 4.69) is 0 Å². The SMILES string of the molecule is NC1(CO)CS(=O)(=O)C1. The highest BCUT2D eigenvalue weighted by Crippen LogP contribution is 2.19. The Labute approximate surface area is 53.6 Å². The molecule has 1 rings (SSSR count). The monoisotopic (exact) mass is 151 g/mol. The molecule has 3 N–H and O–H groups in total. The van der Waals surface area contributed by atoms with Crippen LogP contribution in [0.4, 0.5) is 0 Å². The summed E-state index contributed by atoms with van der Waals surface area (Å²) >= 11 is 0. The lowest BCUT2D eigenvalue weighted by atomic mass is 10.1. The van der Waals surface area contributed by atoms with Crippen LogP contribution in [0.15, 0.2) is 0 Å². The minimum atomic E-state index is -2.89. The van der Waals surface area contributed by atoms with Crippen LogP contribution in [0.1, 0.15) is 0 Å². The van der Waals surface area contributed by atoms with Gasteiger partial charge in [-0.05, 0) is 0 Å². The molecule has 0 unspecified atom stereocenters. The molecule has 0 aromatic rings. The van der Waals surface area contributed by atoms with Crippen LogP contribution in [0.3, 0.4) is 0 Å². The van der Waals surface area contributed by atoms with Crippen molar-refractivity contribution in [3.8, 4) is 0 Å². The lowest BCUT2D eigenvalue weighted by Crippen LogP contribution is -2.63. The van der Waals surface area contributed by atoms with E-state index in [0.717, 1.165) is 0 Å². The third-order valence-electron chi connectivity index (χ3n) is 1.33. The van der Waals surface area contributed by atoms with Gasteiger partial charge in [-0.25, -0.2) is 8.42 Å². The summed E-state index contributed by atoms with van der Waals surface area (Å²) < 4.78 is 20.9. The maximum absolute atomic E-state index is 10.5. The summed E-state index contributed by atoms with van der Waals surface area (Å²) in [4.78, 5) is 0. The van der Waals surface area contributed by atoms with Crippen LogP contribution in [-0.4, -0.2) is 37.2 Å². The zero-order valence-corrected chi connectivity index (χ0v) is 5.69. The van der Waals surface area contributed by atoms with E-state index in [4.69, 9.17) is 10.8 Å². The van der Waals surface area contributed by atoms with Crippen molar-refractivity contribution >= 4 is 9.84 Å². The fraction of sp³-hybridized carbons (Fsp3) is 1.00. The molecule has 0 radical (unpaired) electrons. The molecule has 0 spiro atoms. The van der Waals surface area contributed by atoms with E-state index >= 15 is 0 Å². The van der Waals surface area contributed by atoms with Crippen LogP contribution in [-0.2, 0) is 9.84 Å². The maximum Gasteiger partial charge on any atom is 0.154 e. The normalized spacial score (nSPS) is 29.1. The largest absolute Gasteiger partial charge is 0.394 e. The second kappa shape index (κ2) is 1.68. The molecule has 0 aromatic carbocycles. The molecule has 0 amide bonds. The van der Waals surface area contributed by atoms with Crippen LogP contribution in [0, 0.1) is 0 Å². The van der Waals surface area contributed by atoms with Gasteiger partial charge in [0.15, 0.2) is 9.84 Å². The molecule has 0 bridgehead atoms. The molecular weight excluding hydrogens is 142 g/mol. The molecule has 4 nitrogen and oxygen atoms in total. The fourth-order valence-electron chi connectivity index (χ4n) is 0.925. The number of rotatable bonds is 1. The summed E-state index contributed by atoms with van der Waals surface area (Å²) in [7, 11) is -2.89. The van der Waals surface area contributed by atoms with E-state index < -0.39 is 15.4 Å². The summed E-state index contributed by atoms with van der Waals surface area (Å²) in [6, 6.07) is 0. The Kier molecular flexibility index (Phi) is 1.30. The number of hydrogen-bond donors (Lipinski definition) is 2. The quantitative estimate of drug-likeness (QED) is 0.459. The van der Waals surface area contributed by atoms with E-state index in [0.29, 0.717) is 0 Å². The van der Waals surface area contributed by atoms with E-state index in [1.54, 1.807) is 0 Å². The van der Waals surface area contributed by atoms with Gasteiger partial charge in [0.2, 0.25) is 0 Å². The zero-order chi connectivity index (χ0) is 7.12. The lowest BCUT2D eigenvalue weighted by Gasteiger charge is -2.35. The smallest absolute Gasteiger partial charge is 0.154 e. The second-order valence-electron chi connectivity index (χ2n) is 2.55. The number of aliphatic hydroxyl groups is 1. The average molecular weight is 151 g/mol. The molecule has 1 aliphatic rings. The molecule has 0 aromatic heterocycles. The van der Waals surface area contributed by atoms with Gasteiger partial charge >= 0.3 is 0 Å². The van der Waals surface area contributed by atoms with Gasteiger partial charge in [0.05, 0.1) is 23.7 Å². The third-order valence-corrected chi connectivity index (χ3v) is 3.36. The first-order chi connectivity index (χ1) is 3.97. The van der Waals surface area contributed by atoms with E-state index in [1.807, 2.05) is 0 Å². The number of nitrogens with two attached hydrogens (primary N) is 1. The average Bonchev–Trinajstić information content (AvgIpc) is 1.61. The first-order valence-corrected chi connectivity index (χ1v) is 4.40. The topological polar surface area (TPSA) is 80.4 Å². The molecule has 1 heterocycles. The van der Waals surface area contributed by atoms with Crippen molar-refractivity contribution in [2.24, 2.45) is 5.73 Å². The minimum absolute atomic E-state index is 0.0729. The number of aliphatic hydroxyl groups excluding tert-OH is 1. The molecular formula is C4H9NO3S. The van der Waals surface area contributed by atoms with Crippen LogP contribution in [0.2, 0.25) is 0 Å². The van der Waals surface area contributed by atoms with Gasteiger partial charge in [-0.1, -0.05) is 0 Å². The molecule has 1 fully saturated rings. The van der Waals surface area contributed by atoms with E-state index in [9.17, 15) is 8.42 Å². The highest BCUT2D eigenvalue weighted by Gasteiger charge is 2.44. The molecule has 0 aliphatic carbocycles. The molecule has 1 saturated heterocycles. The molecule has 54 valence electrons. The molecule has 1 aliphatic heterocycles. The molecule has 0 saturated carbocycles. The number of hydrogen-bond acceptors (Lipinski definition) is 4. The highest BCUT2D eigenvalue weighted by atomic mass is 32.2. The van der Waals surface area contributed by atoms with Crippen molar-refractivity contribution < 1.29 is 13.5 Å². The Morgan fingerprint density at radius 3 is 2.11 bits per heavy atom. The maximum atomic E-state index is 10.5. The zero-order valence-electron chi connectivity index (χ0n) is 4.87. The molecule has 9 heavy (non-hydrogen) atoms. The minimum Gasteiger partial charge on any atom is -0.394 e.